The largest absolute Gasteiger partial charge is 0.421 e. The summed E-state index contributed by atoms with van der Waals surface area (Å²) in [7, 11) is -2.64. The molecule has 7 heteroatoms. The van der Waals surface area contributed by atoms with Crippen LogP contribution in [0.15, 0.2) is 0 Å². The molecule has 0 heterocycles. The van der Waals surface area contributed by atoms with E-state index in [0.717, 1.165) is 7.11 Å². The van der Waals surface area contributed by atoms with E-state index in [9.17, 15) is 13.2 Å². The molecule has 15 heavy (non-hydrogen) atoms. The van der Waals surface area contributed by atoms with Crippen molar-refractivity contribution in [1.82, 2.24) is 4.47 Å². The molecule has 0 aliphatic rings. The number of amides is 1. The summed E-state index contributed by atoms with van der Waals surface area (Å²) in [6, 6.07) is 0. The first-order valence-corrected chi connectivity index (χ1v) is 6.25. The topological polar surface area (TPSA) is 63.7 Å². The summed E-state index contributed by atoms with van der Waals surface area (Å²) in [6.07, 6.45) is 0.170. The van der Waals surface area contributed by atoms with Gasteiger partial charge in [-0.25, -0.2) is 0 Å². The molecule has 0 saturated carbocycles. The van der Waals surface area contributed by atoms with Gasteiger partial charge in [0, 0.05) is 0 Å². The molecular formula is C8H19N2O4S+. The average Bonchev–Trinajstić information content (AvgIpc) is 2.22. The molecule has 0 atom stereocenters. The van der Waals surface area contributed by atoms with Crippen LogP contribution >= 0.6 is 0 Å². The van der Waals surface area contributed by atoms with Gasteiger partial charge in [0.05, 0.1) is 26.7 Å². The van der Waals surface area contributed by atoms with Gasteiger partial charge in [-0.05, 0) is 20.8 Å². The summed E-state index contributed by atoms with van der Waals surface area (Å²) in [6.45, 7) is 6.48. The molecule has 0 aromatic rings. The van der Waals surface area contributed by atoms with Crippen molar-refractivity contribution < 1.29 is 21.9 Å². The number of hydrogen-bond donors (Lipinski definition) is 0. The van der Waals surface area contributed by atoms with E-state index in [1.807, 2.05) is 0 Å². The molecule has 0 fully saturated rings. The third-order valence-corrected chi connectivity index (χ3v) is 5.16. The third kappa shape index (κ3) is 2.30. The summed E-state index contributed by atoms with van der Waals surface area (Å²) in [5.74, 6) is 0. The van der Waals surface area contributed by atoms with Crippen LogP contribution in [0.2, 0.25) is 0 Å². The highest BCUT2D eigenvalue weighted by molar-refractivity contribution is 7.83. The summed E-state index contributed by atoms with van der Waals surface area (Å²) in [5, 5.41) is 0. The Morgan fingerprint density at radius 3 is 1.80 bits per heavy atom. The number of carbonyl (C=O) groups excluding carboxylic acids is 1. The monoisotopic (exact) mass is 239 g/mol. The van der Waals surface area contributed by atoms with E-state index < -0.39 is 10.2 Å². The van der Waals surface area contributed by atoms with Gasteiger partial charge in [0.15, 0.2) is 0 Å². The van der Waals surface area contributed by atoms with E-state index in [1.54, 1.807) is 20.8 Å². The van der Waals surface area contributed by atoms with Crippen molar-refractivity contribution in [3.63, 3.8) is 0 Å². The van der Waals surface area contributed by atoms with Gasteiger partial charge in [0.25, 0.3) is 6.41 Å². The Bertz CT molecular complexity index is 289. The van der Waals surface area contributed by atoms with E-state index in [1.165, 1.54) is 0 Å². The molecule has 0 unspecified atom stereocenters. The highest BCUT2D eigenvalue weighted by atomic mass is 32.2. The van der Waals surface area contributed by atoms with Crippen molar-refractivity contribution in [3.8, 4) is 0 Å². The van der Waals surface area contributed by atoms with Gasteiger partial charge in [-0.15, -0.1) is 8.42 Å². The number of quaternary nitrogens is 1. The zero-order chi connectivity index (χ0) is 12.1. The van der Waals surface area contributed by atoms with Crippen LogP contribution in [0.1, 0.15) is 20.8 Å². The standard InChI is InChI=1S/C8H19N2O4S/c1-5-10(6-2,7-3)15(12,13)9(8-11)14-4/h8H,5-7H2,1-4H3/q+1. The minimum absolute atomic E-state index is 0.170. The highest BCUT2D eigenvalue weighted by Crippen LogP contribution is 2.18. The molecule has 0 saturated heterocycles. The molecule has 1 amide bonds. The third-order valence-electron chi connectivity index (χ3n) is 2.71. The zero-order valence-corrected chi connectivity index (χ0v) is 10.5. The fraction of sp³-hybridized carbons (Fsp3) is 0.875. The Morgan fingerprint density at radius 2 is 1.60 bits per heavy atom. The van der Waals surface area contributed by atoms with Crippen LogP contribution in [0.25, 0.3) is 0 Å². The lowest BCUT2D eigenvalue weighted by molar-refractivity contribution is -0.803. The Morgan fingerprint density at radius 1 is 1.20 bits per heavy atom. The van der Waals surface area contributed by atoms with Crippen LogP contribution < -0.4 is 0 Å². The lowest BCUT2D eigenvalue weighted by atomic mass is 10.5. The van der Waals surface area contributed by atoms with Gasteiger partial charge in [0.1, 0.15) is 0 Å². The molecule has 0 aromatic heterocycles. The second kappa shape index (κ2) is 5.43. The molecule has 0 radical (unpaired) electrons. The van der Waals surface area contributed by atoms with E-state index in [2.05, 4.69) is 4.84 Å². The lowest BCUT2D eigenvalue weighted by Crippen LogP contribution is -2.57. The smallest absolute Gasteiger partial charge is 0.275 e. The predicted octanol–water partition coefficient (Wildman–Crippen LogP) is 0.127. The zero-order valence-electron chi connectivity index (χ0n) is 9.63. The van der Waals surface area contributed by atoms with Gasteiger partial charge in [0.2, 0.25) is 0 Å². The SMILES string of the molecule is CC[N+](CC)(CC)S(=O)(=O)N(C=O)OC. The minimum atomic E-state index is -3.79. The fourth-order valence-electron chi connectivity index (χ4n) is 1.52. The summed E-state index contributed by atoms with van der Waals surface area (Å²) >= 11 is 0. The Balaban J connectivity index is 5.39. The van der Waals surface area contributed by atoms with Crippen LogP contribution in [0.5, 0.6) is 0 Å². The lowest BCUT2D eigenvalue weighted by Gasteiger charge is -2.35. The van der Waals surface area contributed by atoms with Crippen molar-refractivity contribution in [3.05, 3.63) is 0 Å². The van der Waals surface area contributed by atoms with Crippen LogP contribution in [0.3, 0.4) is 0 Å². The van der Waals surface area contributed by atoms with Crippen molar-refractivity contribution in [2.24, 2.45) is 0 Å². The molecule has 6 nitrogen and oxygen atoms in total. The second-order valence-corrected chi connectivity index (χ2v) is 5.06. The molecule has 0 aliphatic carbocycles. The fourth-order valence-corrected chi connectivity index (χ4v) is 3.14. The van der Waals surface area contributed by atoms with Gasteiger partial charge in [-0.1, -0.05) is 4.47 Å². The summed E-state index contributed by atoms with van der Waals surface area (Å²) in [4.78, 5) is 15.1. The highest BCUT2D eigenvalue weighted by Gasteiger charge is 2.42. The van der Waals surface area contributed by atoms with Gasteiger partial charge in [-0.2, -0.15) is 3.89 Å². The van der Waals surface area contributed by atoms with Crippen molar-refractivity contribution in [1.29, 1.82) is 0 Å². The quantitative estimate of drug-likeness (QED) is 0.360. The average molecular weight is 239 g/mol. The van der Waals surface area contributed by atoms with Crippen LogP contribution in [-0.4, -0.2) is 49.9 Å². The van der Waals surface area contributed by atoms with Gasteiger partial charge >= 0.3 is 10.2 Å². The first kappa shape index (κ1) is 14.3. The molecule has 90 valence electrons. The number of nitrogens with zero attached hydrogens (tertiary/aromatic N) is 2. The number of hydroxylamine groups is 1. The molecule has 0 aliphatic heterocycles. The van der Waals surface area contributed by atoms with Gasteiger partial charge in [-0.3, -0.25) is 9.63 Å². The molecule has 0 aromatic carbocycles. The van der Waals surface area contributed by atoms with Crippen LogP contribution in [0.4, 0.5) is 0 Å². The Labute approximate surface area is 91.1 Å². The first-order chi connectivity index (χ1) is 6.95. The van der Waals surface area contributed by atoms with E-state index in [0.29, 0.717) is 24.1 Å². The van der Waals surface area contributed by atoms with Gasteiger partial charge < -0.3 is 0 Å². The van der Waals surface area contributed by atoms with Crippen LogP contribution in [-0.2, 0) is 19.8 Å². The number of carbonyl (C=O) groups is 1. The normalized spacial score (nSPS) is 12.5. The Hall–Kier alpha value is -0.660. The maximum atomic E-state index is 12.0. The van der Waals surface area contributed by atoms with E-state index in [4.69, 9.17) is 0 Å². The number of rotatable bonds is 7. The predicted molar refractivity (Wildman–Crippen MR) is 55.7 cm³/mol. The van der Waals surface area contributed by atoms with Crippen molar-refractivity contribution in [2.45, 2.75) is 20.8 Å². The van der Waals surface area contributed by atoms with E-state index in [-0.39, 0.29) is 10.3 Å². The second-order valence-electron chi connectivity index (χ2n) is 3.03. The molecule has 0 bridgehead atoms. The van der Waals surface area contributed by atoms with Crippen molar-refractivity contribution in [2.75, 3.05) is 26.7 Å². The van der Waals surface area contributed by atoms with Crippen LogP contribution in [0, 0.1) is 0 Å². The van der Waals surface area contributed by atoms with E-state index >= 15 is 0 Å². The summed E-state index contributed by atoms with van der Waals surface area (Å²) in [5.41, 5.74) is 0. The molecule has 0 rings (SSSR count). The summed E-state index contributed by atoms with van der Waals surface area (Å²) < 4.78 is 24.3. The van der Waals surface area contributed by atoms with Crippen molar-refractivity contribution >= 4 is 16.6 Å². The Kier molecular flexibility index (Phi) is 5.19. The maximum absolute atomic E-state index is 12.0. The maximum Gasteiger partial charge on any atom is 0.421 e. The molecule has 0 N–H and O–H groups in total. The minimum Gasteiger partial charge on any atom is -0.275 e. The number of hydrogen-bond acceptors (Lipinski definition) is 4. The molecule has 0 spiro atoms. The molecular weight excluding hydrogens is 220 g/mol. The first-order valence-electron chi connectivity index (χ1n) is 4.85.